The zero-order valence-electron chi connectivity index (χ0n) is 12.5. The minimum Gasteiger partial charge on any atom is -0.378 e. The number of hydrogen-bond acceptors (Lipinski definition) is 4. The summed E-state index contributed by atoms with van der Waals surface area (Å²) in [5, 5.41) is 8.47. The van der Waals surface area contributed by atoms with E-state index in [4.69, 9.17) is 5.21 Å². The Hall–Kier alpha value is -2.24. The molecule has 0 unspecified atom stereocenters. The summed E-state index contributed by atoms with van der Waals surface area (Å²) < 4.78 is 0. The molecular weight excluding hydrogens is 296 g/mol. The second-order valence-electron chi connectivity index (χ2n) is 4.87. The summed E-state index contributed by atoms with van der Waals surface area (Å²) >= 11 is 1.66. The van der Waals surface area contributed by atoms with E-state index in [0.717, 1.165) is 21.0 Å². The SMILES string of the molecule is CN(C)c1ccc(Sc2cccc(/C=C/C(=O)NO)c2)cc1. The molecule has 0 aliphatic carbocycles. The molecule has 0 saturated heterocycles. The van der Waals surface area contributed by atoms with Crippen molar-refractivity contribution >= 4 is 29.4 Å². The van der Waals surface area contributed by atoms with Crippen LogP contribution < -0.4 is 10.4 Å². The van der Waals surface area contributed by atoms with Gasteiger partial charge in [0.1, 0.15) is 0 Å². The van der Waals surface area contributed by atoms with Crippen LogP contribution in [0.2, 0.25) is 0 Å². The Labute approximate surface area is 134 Å². The van der Waals surface area contributed by atoms with Gasteiger partial charge < -0.3 is 4.90 Å². The molecule has 2 rings (SSSR count). The maximum absolute atomic E-state index is 11.0. The van der Waals surface area contributed by atoms with E-state index in [9.17, 15) is 4.79 Å². The maximum atomic E-state index is 11.0. The van der Waals surface area contributed by atoms with Crippen molar-refractivity contribution in [1.29, 1.82) is 0 Å². The van der Waals surface area contributed by atoms with Crippen molar-refractivity contribution in [2.24, 2.45) is 0 Å². The monoisotopic (exact) mass is 314 g/mol. The molecule has 2 aromatic rings. The van der Waals surface area contributed by atoms with Crippen molar-refractivity contribution in [2.75, 3.05) is 19.0 Å². The minimum absolute atomic E-state index is 0.544. The zero-order valence-corrected chi connectivity index (χ0v) is 13.3. The van der Waals surface area contributed by atoms with Crippen LogP contribution in [0.5, 0.6) is 0 Å². The number of anilines is 1. The highest BCUT2D eigenvalue weighted by atomic mass is 32.2. The fourth-order valence-electron chi connectivity index (χ4n) is 1.84. The van der Waals surface area contributed by atoms with Gasteiger partial charge in [0.25, 0.3) is 5.91 Å². The van der Waals surface area contributed by atoms with E-state index >= 15 is 0 Å². The molecule has 0 saturated carbocycles. The van der Waals surface area contributed by atoms with E-state index in [1.807, 2.05) is 38.4 Å². The van der Waals surface area contributed by atoms with Crippen LogP contribution in [0.15, 0.2) is 64.4 Å². The summed E-state index contributed by atoms with van der Waals surface area (Å²) in [6.45, 7) is 0. The molecule has 0 spiro atoms. The van der Waals surface area contributed by atoms with Crippen molar-refractivity contribution in [2.45, 2.75) is 9.79 Å². The predicted octanol–water partition coefficient (Wildman–Crippen LogP) is 3.42. The minimum atomic E-state index is -0.544. The number of carbonyl (C=O) groups is 1. The smallest absolute Gasteiger partial charge is 0.267 e. The molecule has 0 atom stereocenters. The van der Waals surface area contributed by atoms with Crippen molar-refractivity contribution in [3.8, 4) is 0 Å². The van der Waals surface area contributed by atoms with Crippen molar-refractivity contribution in [3.63, 3.8) is 0 Å². The fourth-order valence-corrected chi connectivity index (χ4v) is 2.73. The second-order valence-corrected chi connectivity index (χ2v) is 6.02. The lowest BCUT2D eigenvalue weighted by Gasteiger charge is -2.12. The normalized spacial score (nSPS) is 10.7. The van der Waals surface area contributed by atoms with Crippen LogP contribution in [-0.4, -0.2) is 25.2 Å². The van der Waals surface area contributed by atoms with E-state index < -0.39 is 5.91 Å². The van der Waals surface area contributed by atoms with Gasteiger partial charge in [-0.3, -0.25) is 10.0 Å². The van der Waals surface area contributed by atoms with E-state index in [1.165, 1.54) is 6.08 Å². The molecule has 1 amide bonds. The average Bonchev–Trinajstić information content (AvgIpc) is 2.53. The summed E-state index contributed by atoms with van der Waals surface area (Å²) in [5.74, 6) is -0.544. The van der Waals surface area contributed by atoms with Gasteiger partial charge in [0.05, 0.1) is 0 Å². The van der Waals surface area contributed by atoms with Crippen LogP contribution >= 0.6 is 11.8 Å². The van der Waals surface area contributed by atoms with Gasteiger partial charge in [-0.1, -0.05) is 23.9 Å². The third-order valence-electron chi connectivity index (χ3n) is 2.98. The van der Waals surface area contributed by atoms with Gasteiger partial charge in [0.2, 0.25) is 0 Å². The van der Waals surface area contributed by atoms with Gasteiger partial charge in [-0.15, -0.1) is 0 Å². The molecule has 0 aromatic heterocycles. The number of amides is 1. The highest BCUT2D eigenvalue weighted by molar-refractivity contribution is 7.99. The predicted molar refractivity (Wildman–Crippen MR) is 90.3 cm³/mol. The first-order valence-electron chi connectivity index (χ1n) is 6.76. The summed E-state index contributed by atoms with van der Waals surface area (Å²) in [7, 11) is 4.03. The molecule has 5 heteroatoms. The number of hydrogen-bond donors (Lipinski definition) is 2. The Balaban J connectivity index is 2.09. The number of carbonyl (C=O) groups excluding carboxylic acids is 1. The van der Waals surface area contributed by atoms with Gasteiger partial charge in [0.15, 0.2) is 0 Å². The summed E-state index contributed by atoms with van der Waals surface area (Å²) in [6.07, 6.45) is 2.94. The van der Waals surface area contributed by atoms with E-state index in [-0.39, 0.29) is 0 Å². The molecule has 0 radical (unpaired) electrons. The van der Waals surface area contributed by atoms with Gasteiger partial charge >= 0.3 is 0 Å². The summed E-state index contributed by atoms with van der Waals surface area (Å²) in [5.41, 5.74) is 3.63. The number of nitrogens with one attached hydrogen (secondary N) is 1. The van der Waals surface area contributed by atoms with E-state index in [1.54, 1.807) is 23.3 Å². The molecule has 0 heterocycles. The van der Waals surface area contributed by atoms with Crippen molar-refractivity contribution in [3.05, 3.63) is 60.2 Å². The summed E-state index contributed by atoms with van der Waals surface area (Å²) in [4.78, 5) is 15.3. The van der Waals surface area contributed by atoms with E-state index in [2.05, 4.69) is 29.2 Å². The maximum Gasteiger partial charge on any atom is 0.267 e. The molecule has 2 aromatic carbocycles. The van der Waals surface area contributed by atoms with Crippen LogP contribution in [0, 0.1) is 0 Å². The van der Waals surface area contributed by atoms with Gasteiger partial charge in [-0.05, 0) is 48.0 Å². The third kappa shape index (κ3) is 4.65. The molecule has 114 valence electrons. The lowest BCUT2D eigenvalue weighted by Crippen LogP contribution is -2.14. The Morgan fingerprint density at radius 3 is 2.50 bits per heavy atom. The molecule has 0 fully saturated rings. The zero-order chi connectivity index (χ0) is 15.9. The lowest BCUT2D eigenvalue weighted by molar-refractivity contribution is -0.124. The summed E-state index contributed by atoms with van der Waals surface area (Å²) in [6, 6.07) is 16.2. The topological polar surface area (TPSA) is 52.6 Å². The molecule has 0 aliphatic rings. The Bertz CT molecular complexity index is 667. The van der Waals surface area contributed by atoms with Crippen LogP contribution in [0.25, 0.3) is 6.08 Å². The average molecular weight is 314 g/mol. The molecule has 22 heavy (non-hydrogen) atoms. The Kier molecular flexibility index (Phi) is 5.63. The van der Waals surface area contributed by atoms with Gasteiger partial charge in [-0.2, -0.15) is 0 Å². The first-order chi connectivity index (χ1) is 10.6. The molecule has 2 N–H and O–H groups in total. The molecule has 0 bridgehead atoms. The van der Waals surface area contributed by atoms with Crippen molar-refractivity contribution in [1.82, 2.24) is 5.48 Å². The van der Waals surface area contributed by atoms with Crippen LogP contribution in [0.4, 0.5) is 5.69 Å². The number of benzene rings is 2. The highest BCUT2D eigenvalue weighted by Gasteiger charge is 2.00. The van der Waals surface area contributed by atoms with Crippen LogP contribution in [0.1, 0.15) is 5.56 Å². The number of hydroxylamine groups is 1. The highest BCUT2D eigenvalue weighted by Crippen LogP contribution is 2.29. The Morgan fingerprint density at radius 1 is 1.14 bits per heavy atom. The number of rotatable bonds is 5. The van der Waals surface area contributed by atoms with E-state index in [0.29, 0.717) is 0 Å². The molecule has 0 aliphatic heterocycles. The molecular formula is C17H18N2O2S. The fraction of sp³-hybridized carbons (Fsp3) is 0.118. The second kappa shape index (κ2) is 7.68. The quantitative estimate of drug-likeness (QED) is 0.504. The first kappa shape index (κ1) is 16.1. The van der Waals surface area contributed by atoms with Crippen LogP contribution in [0.3, 0.4) is 0 Å². The number of nitrogens with zero attached hydrogens (tertiary/aromatic N) is 1. The Morgan fingerprint density at radius 2 is 1.86 bits per heavy atom. The molecule has 4 nitrogen and oxygen atoms in total. The van der Waals surface area contributed by atoms with Gasteiger partial charge in [0, 0.05) is 35.6 Å². The van der Waals surface area contributed by atoms with Crippen LogP contribution in [-0.2, 0) is 4.79 Å². The largest absolute Gasteiger partial charge is 0.378 e. The standard InChI is InChI=1S/C17H18N2O2S/c1-19(2)14-7-9-15(10-8-14)22-16-5-3-4-13(12-16)6-11-17(20)18-21/h3-12,21H,1-2H3,(H,18,20)/b11-6+. The lowest BCUT2D eigenvalue weighted by atomic mass is 10.2. The first-order valence-corrected chi connectivity index (χ1v) is 7.57. The van der Waals surface area contributed by atoms with Crippen molar-refractivity contribution < 1.29 is 10.0 Å². The third-order valence-corrected chi connectivity index (χ3v) is 3.98. The van der Waals surface area contributed by atoms with Gasteiger partial charge in [-0.25, -0.2) is 5.48 Å².